The zero-order valence-electron chi connectivity index (χ0n) is 14.6. The molecule has 0 spiro atoms. The molecule has 0 atom stereocenters. The fourth-order valence-electron chi connectivity index (χ4n) is 3.42. The maximum absolute atomic E-state index is 11.0. The predicted octanol–water partition coefficient (Wildman–Crippen LogP) is 5.38. The van der Waals surface area contributed by atoms with E-state index in [9.17, 15) is 4.79 Å². The van der Waals surface area contributed by atoms with Crippen LogP contribution in [0.1, 0.15) is 18.1 Å². The molecule has 3 nitrogen and oxygen atoms in total. The van der Waals surface area contributed by atoms with Crippen LogP contribution < -0.4 is 5.32 Å². The normalized spacial score (nSPS) is 11.3. The third-order valence-corrected chi connectivity index (χ3v) is 4.58. The van der Waals surface area contributed by atoms with E-state index in [1.807, 2.05) is 24.4 Å². The lowest BCUT2D eigenvalue weighted by atomic mass is 10.1. The topological polar surface area (TPSA) is 44.9 Å². The SMILES string of the molecule is CC(=O)Nc1ccc2c(c1)Cc1ccccc1-2.c1ccc2[nH]ccc2c1. The van der Waals surface area contributed by atoms with Crippen LogP contribution in [-0.4, -0.2) is 10.9 Å². The molecule has 0 unspecified atom stereocenters. The van der Waals surface area contributed by atoms with Crippen molar-refractivity contribution in [2.24, 2.45) is 0 Å². The summed E-state index contributed by atoms with van der Waals surface area (Å²) in [7, 11) is 0. The second-order valence-corrected chi connectivity index (χ2v) is 6.45. The van der Waals surface area contributed by atoms with Gasteiger partial charge in [0, 0.05) is 24.3 Å². The van der Waals surface area contributed by atoms with Crippen LogP contribution in [0.3, 0.4) is 0 Å². The molecule has 0 fully saturated rings. The van der Waals surface area contributed by atoms with Gasteiger partial charge in [-0.05, 0) is 58.3 Å². The van der Waals surface area contributed by atoms with Gasteiger partial charge < -0.3 is 10.3 Å². The van der Waals surface area contributed by atoms with Crippen molar-refractivity contribution < 1.29 is 4.79 Å². The number of aromatic nitrogens is 1. The Balaban J connectivity index is 0.000000157. The Morgan fingerprint density at radius 3 is 2.50 bits per heavy atom. The molecule has 0 radical (unpaired) electrons. The van der Waals surface area contributed by atoms with Gasteiger partial charge >= 0.3 is 0 Å². The van der Waals surface area contributed by atoms with Gasteiger partial charge in [-0.3, -0.25) is 4.79 Å². The number of carbonyl (C=O) groups excluding carboxylic acids is 1. The van der Waals surface area contributed by atoms with Gasteiger partial charge in [0.2, 0.25) is 5.91 Å². The Kier molecular flexibility index (Phi) is 4.28. The monoisotopic (exact) mass is 340 g/mol. The summed E-state index contributed by atoms with van der Waals surface area (Å²) in [6.07, 6.45) is 2.91. The Morgan fingerprint density at radius 1 is 0.885 bits per heavy atom. The van der Waals surface area contributed by atoms with Gasteiger partial charge in [0.15, 0.2) is 0 Å². The lowest BCUT2D eigenvalue weighted by Crippen LogP contribution is -2.05. The molecule has 0 bridgehead atoms. The summed E-state index contributed by atoms with van der Waals surface area (Å²) in [6.45, 7) is 1.53. The third-order valence-electron chi connectivity index (χ3n) is 4.58. The van der Waals surface area contributed by atoms with E-state index in [4.69, 9.17) is 0 Å². The number of hydrogen-bond acceptors (Lipinski definition) is 1. The lowest BCUT2D eigenvalue weighted by molar-refractivity contribution is -0.114. The first kappa shape index (κ1) is 16.2. The molecule has 0 saturated carbocycles. The number of benzene rings is 3. The van der Waals surface area contributed by atoms with Crippen molar-refractivity contribution in [3.8, 4) is 11.1 Å². The molecule has 0 aliphatic heterocycles. The summed E-state index contributed by atoms with van der Waals surface area (Å²) in [5.74, 6) is -0.0274. The van der Waals surface area contributed by atoms with Gasteiger partial charge in [-0.1, -0.05) is 48.5 Å². The Labute approximate surface area is 152 Å². The van der Waals surface area contributed by atoms with Crippen molar-refractivity contribution in [2.75, 3.05) is 5.32 Å². The van der Waals surface area contributed by atoms with Gasteiger partial charge in [0.05, 0.1) is 0 Å². The Bertz CT molecular complexity index is 1050. The highest BCUT2D eigenvalue weighted by atomic mass is 16.1. The van der Waals surface area contributed by atoms with Crippen LogP contribution in [0.25, 0.3) is 22.0 Å². The number of para-hydroxylation sites is 1. The molecule has 1 heterocycles. The van der Waals surface area contributed by atoms with Crippen molar-refractivity contribution in [1.82, 2.24) is 4.98 Å². The van der Waals surface area contributed by atoms with Crippen LogP contribution in [0.2, 0.25) is 0 Å². The van der Waals surface area contributed by atoms with Crippen LogP contribution in [0, 0.1) is 0 Å². The van der Waals surface area contributed by atoms with Gasteiger partial charge in [-0.2, -0.15) is 0 Å². The van der Waals surface area contributed by atoms with Crippen LogP contribution in [0.4, 0.5) is 5.69 Å². The largest absolute Gasteiger partial charge is 0.361 e. The maximum atomic E-state index is 11.0. The fourth-order valence-corrected chi connectivity index (χ4v) is 3.42. The Hall–Kier alpha value is -3.33. The number of carbonyl (C=O) groups is 1. The lowest BCUT2D eigenvalue weighted by Gasteiger charge is -2.05. The predicted molar refractivity (Wildman–Crippen MR) is 107 cm³/mol. The molecule has 128 valence electrons. The van der Waals surface area contributed by atoms with E-state index in [1.165, 1.54) is 40.1 Å². The van der Waals surface area contributed by atoms with Gasteiger partial charge in [-0.25, -0.2) is 0 Å². The van der Waals surface area contributed by atoms with Crippen molar-refractivity contribution in [3.05, 3.63) is 90.1 Å². The maximum Gasteiger partial charge on any atom is 0.221 e. The third kappa shape index (κ3) is 3.24. The first-order valence-corrected chi connectivity index (χ1v) is 8.71. The smallest absolute Gasteiger partial charge is 0.221 e. The first-order chi connectivity index (χ1) is 12.7. The molecule has 4 aromatic rings. The van der Waals surface area contributed by atoms with Crippen LogP contribution in [0.15, 0.2) is 79.0 Å². The summed E-state index contributed by atoms with van der Waals surface area (Å²) in [5, 5.41) is 4.10. The summed E-state index contributed by atoms with van der Waals surface area (Å²) < 4.78 is 0. The summed E-state index contributed by atoms with van der Waals surface area (Å²) in [5.41, 5.74) is 7.34. The molecule has 1 aliphatic rings. The summed E-state index contributed by atoms with van der Waals surface area (Å²) >= 11 is 0. The quantitative estimate of drug-likeness (QED) is 0.422. The van der Waals surface area contributed by atoms with E-state index >= 15 is 0 Å². The zero-order chi connectivity index (χ0) is 17.9. The van der Waals surface area contributed by atoms with E-state index in [2.05, 4.69) is 64.9 Å². The number of fused-ring (bicyclic) bond motifs is 4. The van der Waals surface area contributed by atoms with E-state index in [1.54, 1.807) is 0 Å². The minimum Gasteiger partial charge on any atom is -0.361 e. The molecular weight excluding hydrogens is 320 g/mol. The number of nitrogens with one attached hydrogen (secondary N) is 2. The first-order valence-electron chi connectivity index (χ1n) is 8.71. The average Bonchev–Trinajstić information content (AvgIpc) is 3.25. The molecule has 5 rings (SSSR count). The molecular formula is C23H20N2O. The van der Waals surface area contributed by atoms with E-state index in [0.29, 0.717) is 0 Å². The van der Waals surface area contributed by atoms with Gasteiger partial charge in [0.25, 0.3) is 0 Å². The molecule has 0 saturated heterocycles. The van der Waals surface area contributed by atoms with Crippen LogP contribution in [-0.2, 0) is 11.2 Å². The second-order valence-electron chi connectivity index (χ2n) is 6.45. The molecule has 1 aliphatic carbocycles. The highest BCUT2D eigenvalue weighted by molar-refractivity contribution is 5.90. The number of aromatic amines is 1. The zero-order valence-corrected chi connectivity index (χ0v) is 14.6. The van der Waals surface area contributed by atoms with Crippen molar-refractivity contribution >= 4 is 22.5 Å². The molecule has 3 aromatic carbocycles. The number of hydrogen-bond donors (Lipinski definition) is 2. The number of H-pyrrole nitrogens is 1. The van der Waals surface area contributed by atoms with Gasteiger partial charge in [-0.15, -0.1) is 0 Å². The minimum atomic E-state index is -0.0274. The molecule has 26 heavy (non-hydrogen) atoms. The number of anilines is 1. The van der Waals surface area contributed by atoms with Gasteiger partial charge in [0.1, 0.15) is 0 Å². The average molecular weight is 340 g/mol. The molecule has 3 heteroatoms. The second kappa shape index (κ2) is 6.89. The number of rotatable bonds is 1. The molecule has 1 aromatic heterocycles. The van der Waals surface area contributed by atoms with Crippen LogP contribution >= 0.6 is 0 Å². The Morgan fingerprint density at radius 2 is 1.65 bits per heavy atom. The summed E-state index contributed by atoms with van der Waals surface area (Å²) in [6, 6.07) is 24.8. The standard InChI is InChI=1S/C15H13NO.C8H7N/c1-10(17)16-13-6-7-15-12(9-13)8-11-4-2-3-5-14(11)15;1-2-4-8-7(3-1)5-6-9-8/h2-7,9H,8H2,1H3,(H,16,17);1-6,9H. The summed E-state index contributed by atoms with van der Waals surface area (Å²) in [4.78, 5) is 14.1. The highest BCUT2D eigenvalue weighted by Crippen LogP contribution is 2.37. The van der Waals surface area contributed by atoms with Crippen LogP contribution in [0.5, 0.6) is 0 Å². The van der Waals surface area contributed by atoms with Crippen molar-refractivity contribution in [3.63, 3.8) is 0 Å². The minimum absolute atomic E-state index is 0.0274. The van der Waals surface area contributed by atoms with E-state index in [-0.39, 0.29) is 5.91 Å². The molecule has 2 N–H and O–H groups in total. The van der Waals surface area contributed by atoms with E-state index in [0.717, 1.165) is 12.1 Å². The molecule has 1 amide bonds. The van der Waals surface area contributed by atoms with Crippen molar-refractivity contribution in [2.45, 2.75) is 13.3 Å². The van der Waals surface area contributed by atoms with E-state index < -0.39 is 0 Å². The van der Waals surface area contributed by atoms with Crippen molar-refractivity contribution in [1.29, 1.82) is 0 Å². The number of amides is 1. The fraction of sp³-hybridized carbons (Fsp3) is 0.0870. The highest BCUT2D eigenvalue weighted by Gasteiger charge is 2.17.